The predicted molar refractivity (Wildman–Crippen MR) is 73.5 cm³/mol. The Labute approximate surface area is 104 Å². The molecular weight excluding hydrogens is 224 g/mol. The molecule has 90 valence electrons. The highest BCUT2D eigenvalue weighted by Gasteiger charge is 2.49. The van der Waals surface area contributed by atoms with E-state index >= 15 is 0 Å². The molecule has 1 aromatic carbocycles. The molecule has 2 aliphatic rings. The molecule has 1 saturated heterocycles. The van der Waals surface area contributed by atoms with Crippen LogP contribution in [0.5, 0.6) is 0 Å². The molecule has 1 fully saturated rings. The molecule has 0 radical (unpaired) electrons. The van der Waals surface area contributed by atoms with E-state index in [4.69, 9.17) is 0 Å². The van der Waals surface area contributed by atoms with Crippen molar-refractivity contribution < 1.29 is 4.79 Å². The number of Topliss-reactive ketones (excluding diaryl/α,β-unsaturated/α-hetero) is 1. The second-order valence-electron chi connectivity index (χ2n) is 6.41. The highest BCUT2D eigenvalue weighted by atomic mass is 28.3. The van der Waals surface area contributed by atoms with Crippen LogP contribution in [0.3, 0.4) is 0 Å². The van der Waals surface area contributed by atoms with Gasteiger partial charge < -0.3 is 0 Å². The first-order valence-corrected chi connectivity index (χ1v) is 9.57. The van der Waals surface area contributed by atoms with Crippen molar-refractivity contribution >= 4 is 19.0 Å². The van der Waals surface area contributed by atoms with Crippen molar-refractivity contribution in [2.75, 3.05) is 0 Å². The number of rotatable bonds is 0. The second-order valence-corrected chi connectivity index (χ2v) is 10.9. The fourth-order valence-corrected chi connectivity index (χ4v) is 9.33. The van der Waals surface area contributed by atoms with Crippen molar-refractivity contribution in [1.29, 1.82) is 0 Å². The van der Waals surface area contributed by atoms with Gasteiger partial charge in [-0.3, -0.25) is 4.79 Å². The number of hydrogen-bond donors (Lipinski definition) is 0. The van der Waals surface area contributed by atoms with Gasteiger partial charge in [-0.25, -0.2) is 0 Å². The third-order valence-corrected chi connectivity index (χ3v) is 9.53. The molecule has 3 rings (SSSR count). The van der Waals surface area contributed by atoms with Gasteiger partial charge in [-0.1, -0.05) is 49.0 Å². The van der Waals surface area contributed by atoms with E-state index in [9.17, 15) is 4.79 Å². The van der Waals surface area contributed by atoms with Crippen molar-refractivity contribution in [2.45, 2.75) is 50.2 Å². The van der Waals surface area contributed by atoms with Crippen molar-refractivity contribution in [3.63, 3.8) is 0 Å². The Morgan fingerprint density at radius 2 is 2.06 bits per heavy atom. The SMILES string of the molecule is C[C@@]12CC(=O)CCC[Si@@](C)(C1)c1ccccc12. The van der Waals surface area contributed by atoms with E-state index in [0.29, 0.717) is 5.78 Å². The first kappa shape index (κ1) is 11.2. The summed E-state index contributed by atoms with van der Waals surface area (Å²) >= 11 is 0. The van der Waals surface area contributed by atoms with Gasteiger partial charge in [0.05, 0.1) is 8.07 Å². The molecule has 0 aliphatic carbocycles. The Morgan fingerprint density at radius 3 is 2.88 bits per heavy atom. The molecule has 0 unspecified atom stereocenters. The van der Waals surface area contributed by atoms with Gasteiger partial charge in [0, 0.05) is 12.8 Å². The molecule has 0 N–H and O–H groups in total. The van der Waals surface area contributed by atoms with Crippen LogP contribution in [0.15, 0.2) is 24.3 Å². The lowest BCUT2D eigenvalue weighted by Crippen LogP contribution is -2.42. The summed E-state index contributed by atoms with van der Waals surface area (Å²) in [6.45, 7) is 4.83. The molecule has 2 heterocycles. The van der Waals surface area contributed by atoms with Crippen LogP contribution in [0.1, 0.15) is 31.7 Å². The summed E-state index contributed by atoms with van der Waals surface area (Å²) in [6.07, 6.45) is 2.70. The second kappa shape index (κ2) is 3.55. The van der Waals surface area contributed by atoms with Crippen LogP contribution in [0.25, 0.3) is 0 Å². The number of fused-ring (bicyclic) bond motifs is 5. The van der Waals surface area contributed by atoms with Gasteiger partial charge in [-0.05, 0) is 23.4 Å². The van der Waals surface area contributed by atoms with E-state index in [2.05, 4.69) is 37.7 Å². The van der Waals surface area contributed by atoms with Crippen molar-refractivity contribution in [3.8, 4) is 0 Å². The van der Waals surface area contributed by atoms with E-state index in [1.807, 2.05) is 0 Å². The van der Waals surface area contributed by atoms with E-state index in [1.165, 1.54) is 17.7 Å². The average molecular weight is 244 g/mol. The first-order valence-electron chi connectivity index (χ1n) is 6.65. The summed E-state index contributed by atoms with van der Waals surface area (Å²) in [5, 5.41) is 1.64. The molecule has 17 heavy (non-hydrogen) atoms. The van der Waals surface area contributed by atoms with Gasteiger partial charge in [0.15, 0.2) is 0 Å². The molecule has 2 heteroatoms. The predicted octanol–water partition coefficient (Wildman–Crippen LogP) is 3.00. The van der Waals surface area contributed by atoms with E-state index in [1.54, 1.807) is 5.19 Å². The maximum absolute atomic E-state index is 12.0. The lowest BCUT2D eigenvalue weighted by Gasteiger charge is -2.30. The molecule has 0 spiro atoms. The topological polar surface area (TPSA) is 17.1 Å². The van der Waals surface area contributed by atoms with E-state index in [-0.39, 0.29) is 5.41 Å². The number of ketones is 1. The van der Waals surface area contributed by atoms with Gasteiger partial charge in [0.1, 0.15) is 5.78 Å². The Balaban J connectivity index is 2.17. The van der Waals surface area contributed by atoms with Crippen LogP contribution in [-0.2, 0) is 10.2 Å². The number of carbonyl (C=O) groups is 1. The average Bonchev–Trinajstić information content (AvgIpc) is 2.49. The normalized spacial score (nSPS) is 36.2. The number of benzene rings is 1. The third kappa shape index (κ3) is 1.61. The van der Waals surface area contributed by atoms with Gasteiger partial charge in [-0.2, -0.15) is 0 Å². The van der Waals surface area contributed by atoms with Crippen LogP contribution in [0.2, 0.25) is 18.6 Å². The minimum absolute atomic E-state index is 0.148. The molecule has 0 aromatic heterocycles. The summed E-state index contributed by atoms with van der Waals surface area (Å²) < 4.78 is 0. The molecule has 2 aliphatic heterocycles. The van der Waals surface area contributed by atoms with Crippen LogP contribution in [0.4, 0.5) is 0 Å². The Hall–Kier alpha value is -0.893. The smallest absolute Gasteiger partial charge is 0.133 e. The van der Waals surface area contributed by atoms with Gasteiger partial charge in [0.25, 0.3) is 0 Å². The van der Waals surface area contributed by atoms with Crippen molar-refractivity contribution in [3.05, 3.63) is 29.8 Å². The van der Waals surface area contributed by atoms with Crippen LogP contribution < -0.4 is 5.19 Å². The zero-order chi connectivity index (χ0) is 12.1. The lowest BCUT2D eigenvalue weighted by molar-refractivity contribution is -0.120. The highest BCUT2D eigenvalue weighted by Crippen LogP contribution is 2.45. The zero-order valence-electron chi connectivity index (χ0n) is 10.8. The third-order valence-electron chi connectivity index (χ3n) is 4.78. The summed E-state index contributed by atoms with van der Waals surface area (Å²) in [5.41, 5.74) is 1.64. The van der Waals surface area contributed by atoms with Crippen molar-refractivity contribution in [2.24, 2.45) is 0 Å². The first-order chi connectivity index (χ1) is 8.04. The molecule has 0 amide bonds. The Bertz CT molecular complexity index is 482. The molecule has 0 saturated carbocycles. The van der Waals surface area contributed by atoms with Gasteiger partial charge >= 0.3 is 0 Å². The fourth-order valence-electron chi connectivity index (χ4n) is 4.17. The van der Waals surface area contributed by atoms with Crippen LogP contribution >= 0.6 is 0 Å². The van der Waals surface area contributed by atoms with Crippen LogP contribution in [0, 0.1) is 0 Å². The molecular formula is C15H20OSi. The monoisotopic (exact) mass is 244 g/mol. The minimum Gasteiger partial charge on any atom is -0.300 e. The lowest BCUT2D eigenvalue weighted by atomic mass is 9.79. The van der Waals surface area contributed by atoms with Crippen LogP contribution in [-0.4, -0.2) is 13.9 Å². The minimum atomic E-state index is -1.29. The quantitative estimate of drug-likeness (QED) is 0.641. The van der Waals surface area contributed by atoms with Gasteiger partial charge in [0.2, 0.25) is 0 Å². The van der Waals surface area contributed by atoms with E-state index < -0.39 is 8.07 Å². The molecule has 2 atom stereocenters. The summed E-state index contributed by atoms with van der Waals surface area (Å²) in [7, 11) is -1.29. The number of carbonyl (C=O) groups excluding carboxylic acids is 1. The summed E-state index contributed by atoms with van der Waals surface area (Å²) in [5.74, 6) is 0.472. The standard InChI is InChI=1S/C15H20OSi/c1-15-10-12(16)6-5-9-17(2,11-15)14-8-4-3-7-13(14)15/h3-4,7-8H,5-6,9-11H2,1-2H3/t15-,17+/m1/s1. The zero-order valence-corrected chi connectivity index (χ0v) is 11.8. The van der Waals surface area contributed by atoms with Gasteiger partial charge in [-0.15, -0.1) is 0 Å². The molecule has 1 nitrogen and oxygen atoms in total. The fraction of sp³-hybridized carbons (Fsp3) is 0.533. The maximum atomic E-state index is 12.0. The summed E-state index contributed by atoms with van der Waals surface area (Å²) in [6, 6.07) is 11.5. The maximum Gasteiger partial charge on any atom is 0.133 e. The van der Waals surface area contributed by atoms with Crippen molar-refractivity contribution in [1.82, 2.24) is 0 Å². The number of hydrogen-bond acceptors (Lipinski definition) is 1. The summed E-state index contributed by atoms with van der Waals surface area (Å²) in [4.78, 5) is 12.0. The Morgan fingerprint density at radius 1 is 1.29 bits per heavy atom. The highest BCUT2D eigenvalue weighted by molar-refractivity contribution is 6.92. The van der Waals surface area contributed by atoms with E-state index in [0.717, 1.165) is 19.3 Å². The Kier molecular flexibility index (Phi) is 2.34. The molecule has 1 aromatic rings. The molecule has 2 bridgehead atoms. The largest absolute Gasteiger partial charge is 0.300 e.